The van der Waals surface area contributed by atoms with Crippen LogP contribution in [0.2, 0.25) is 0 Å². The second-order valence-corrected chi connectivity index (χ2v) is 12.8. The molecule has 0 unspecified atom stereocenters. The maximum absolute atomic E-state index is 14.5. The lowest BCUT2D eigenvalue weighted by Crippen LogP contribution is -2.58. The lowest BCUT2D eigenvalue weighted by molar-refractivity contribution is -0.155. The number of ether oxygens (including phenoxy) is 4. The maximum Gasteiger partial charge on any atom is 0.410 e. The summed E-state index contributed by atoms with van der Waals surface area (Å²) in [7, 11) is 3.30. The van der Waals surface area contributed by atoms with Crippen LogP contribution in [-0.4, -0.2) is 85.7 Å². The fourth-order valence-electron chi connectivity index (χ4n) is 5.68. The van der Waals surface area contributed by atoms with Crippen molar-refractivity contribution >= 4 is 12.0 Å². The van der Waals surface area contributed by atoms with Gasteiger partial charge in [-0.25, -0.2) is 9.18 Å². The van der Waals surface area contributed by atoms with E-state index >= 15 is 0 Å². The summed E-state index contributed by atoms with van der Waals surface area (Å²) in [6, 6.07) is 11.7. The summed E-state index contributed by atoms with van der Waals surface area (Å²) in [4.78, 5) is 30.9. The van der Waals surface area contributed by atoms with Crippen LogP contribution in [-0.2, 0) is 37.6 Å². The van der Waals surface area contributed by atoms with Crippen LogP contribution in [0.1, 0.15) is 63.1 Å². The Bertz CT molecular complexity index is 1230. The first-order valence-corrected chi connectivity index (χ1v) is 15.4. The summed E-state index contributed by atoms with van der Waals surface area (Å²) in [6.07, 6.45) is 2.92. The number of halogens is 1. The number of rotatable bonds is 13. The average Bonchev–Trinajstić information content (AvgIpc) is 3.81. The smallest absolute Gasteiger partial charge is 0.410 e. The molecule has 242 valence electrons. The number of nitrogens with zero attached hydrogens (tertiary/aromatic N) is 2. The van der Waals surface area contributed by atoms with E-state index < -0.39 is 29.0 Å². The molecule has 1 saturated heterocycles. The molecule has 9 nitrogen and oxygen atoms in total. The minimum Gasteiger partial charge on any atom is -0.491 e. The van der Waals surface area contributed by atoms with Gasteiger partial charge in [-0.05, 0) is 93.8 Å². The third kappa shape index (κ3) is 8.92. The number of amides is 2. The molecule has 1 saturated carbocycles. The zero-order valence-electron chi connectivity index (χ0n) is 26.6. The minimum absolute atomic E-state index is 0.0203. The maximum atomic E-state index is 14.5. The highest BCUT2D eigenvalue weighted by atomic mass is 19.1. The van der Waals surface area contributed by atoms with Crippen molar-refractivity contribution in [2.75, 3.05) is 47.1 Å². The zero-order valence-corrected chi connectivity index (χ0v) is 26.6. The molecule has 10 heteroatoms. The second-order valence-electron chi connectivity index (χ2n) is 12.8. The number of methoxy groups -OCH3 is 2. The highest BCUT2D eigenvalue weighted by molar-refractivity contribution is 5.82. The van der Waals surface area contributed by atoms with Crippen molar-refractivity contribution < 1.29 is 38.0 Å². The number of benzene rings is 2. The molecule has 1 N–H and O–H groups in total. The van der Waals surface area contributed by atoms with Gasteiger partial charge in [-0.2, -0.15) is 0 Å². The quantitative estimate of drug-likeness (QED) is 0.315. The van der Waals surface area contributed by atoms with Gasteiger partial charge in [0.1, 0.15) is 29.4 Å². The molecule has 1 aliphatic heterocycles. The van der Waals surface area contributed by atoms with Crippen molar-refractivity contribution in [1.29, 1.82) is 0 Å². The molecule has 2 fully saturated rings. The lowest BCUT2D eigenvalue weighted by Gasteiger charge is -2.45. The van der Waals surface area contributed by atoms with Crippen molar-refractivity contribution in [2.45, 2.75) is 76.7 Å². The van der Waals surface area contributed by atoms with Gasteiger partial charge < -0.3 is 33.9 Å². The van der Waals surface area contributed by atoms with E-state index in [1.807, 2.05) is 17.0 Å². The summed E-state index contributed by atoms with van der Waals surface area (Å²) in [5.41, 5.74) is 0.140. The fraction of sp³-hybridized carbons (Fsp3) is 0.588. The molecule has 1 aliphatic carbocycles. The Morgan fingerprint density at radius 2 is 1.70 bits per heavy atom. The molecule has 0 bridgehead atoms. The van der Waals surface area contributed by atoms with Crippen LogP contribution < -0.4 is 4.74 Å². The van der Waals surface area contributed by atoms with E-state index in [4.69, 9.17) is 18.9 Å². The van der Waals surface area contributed by atoms with Crippen molar-refractivity contribution in [2.24, 2.45) is 5.92 Å². The van der Waals surface area contributed by atoms with Crippen molar-refractivity contribution in [3.05, 3.63) is 65.0 Å². The molecule has 0 aromatic heterocycles. The van der Waals surface area contributed by atoms with Crippen LogP contribution in [0.5, 0.6) is 5.75 Å². The van der Waals surface area contributed by atoms with Crippen LogP contribution in [0.4, 0.5) is 9.18 Å². The molecule has 2 aromatic carbocycles. The minimum atomic E-state index is -1.59. The van der Waals surface area contributed by atoms with Crippen LogP contribution >= 0.6 is 0 Å². The van der Waals surface area contributed by atoms with Gasteiger partial charge in [-0.1, -0.05) is 18.2 Å². The molecule has 2 aliphatic rings. The molecule has 44 heavy (non-hydrogen) atoms. The van der Waals surface area contributed by atoms with E-state index in [0.29, 0.717) is 37.7 Å². The Hall–Kier alpha value is -3.21. The third-order valence-electron chi connectivity index (χ3n) is 8.06. The molecular weight excluding hydrogens is 567 g/mol. The highest BCUT2D eigenvalue weighted by Gasteiger charge is 2.51. The Morgan fingerprint density at radius 1 is 1.02 bits per heavy atom. The number of aryl methyl sites for hydroxylation is 1. The van der Waals surface area contributed by atoms with Crippen molar-refractivity contribution in [3.63, 3.8) is 0 Å². The largest absolute Gasteiger partial charge is 0.491 e. The number of aliphatic hydroxyl groups is 1. The number of piperidine rings is 1. The normalized spacial score (nSPS) is 20.3. The Kier molecular flexibility index (Phi) is 11.3. The number of hydrogen-bond donors (Lipinski definition) is 1. The molecule has 2 atom stereocenters. The summed E-state index contributed by atoms with van der Waals surface area (Å²) in [5.74, 6) is -0.956. The topological polar surface area (TPSA) is 97.8 Å². The lowest BCUT2D eigenvalue weighted by atomic mass is 9.75. The Morgan fingerprint density at radius 3 is 2.34 bits per heavy atom. The fourth-order valence-corrected chi connectivity index (χ4v) is 5.68. The molecule has 4 rings (SSSR count). The van der Waals surface area contributed by atoms with Crippen molar-refractivity contribution in [3.8, 4) is 5.75 Å². The molecule has 0 radical (unpaired) electrons. The molecule has 2 aromatic rings. The SMILES string of the molecule is COCCCc1cc(CN(C(=O)[C@H]2CN(C(=O)OC(C)(C)C)CC[C@]2(O)c2ccc(F)cc2)C2CC2)cc(OCCOC)c1. The number of carbonyl (C=O) groups excluding carboxylic acids is 2. The first-order valence-electron chi connectivity index (χ1n) is 15.4. The average molecular weight is 615 g/mol. The van der Waals surface area contributed by atoms with Gasteiger partial charge in [-0.3, -0.25) is 4.79 Å². The van der Waals surface area contributed by atoms with Crippen LogP contribution in [0.3, 0.4) is 0 Å². The Labute approximate surface area is 260 Å². The van der Waals surface area contributed by atoms with Gasteiger partial charge in [-0.15, -0.1) is 0 Å². The number of carbonyl (C=O) groups is 2. The van der Waals surface area contributed by atoms with E-state index in [0.717, 1.165) is 36.8 Å². The van der Waals surface area contributed by atoms with E-state index in [1.165, 1.54) is 29.2 Å². The predicted octanol–water partition coefficient (Wildman–Crippen LogP) is 5.07. The van der Waals surface area contributed by atoms with E-state index in [1.54, 1.807) is 35.0 Å². The summed E-state index contributed by atoms with van der Waals surface area (Å²) in [6.45, 7) is 7.35. The second kappa shape index (κ2) is 14.7. The monoisotopic (exact) mass is 614 g/mol. The first kappa shape index (κ1) is 33.7. The van der Waals surface area contributed by atoms with Gasteiger partial charge in [0.25, 0.3) is 0 Å². The van der Waals surface area contributed by atoms with Crippen LogP contribution in [0, 0.1) is 11.7 Å². The molecule has 2 amide bonds. The summed E-state index contributed by atoms with van der Waals surface area (Å²) in [5, 5.41) is 12.1. The predicted molar refractivity (Wildman–Crippen MR) is 164 cm³/mol. The molecule has 1 heterocycles. The van der Waals surface area contributed by atoms with Gasteiger partial charge in [0.15, 0.2) is 0 Å². The number of likely N-dealkylation sites (tertiary alicyclic amines) is 1. The zero-order chi connectivity index (χ0) is 31.9. The van der Waals surface area contributed by atoms with Crippen LogP contribution in [0.25, 0.3) is 0 Å². The Balaban J connectivity index is 1.64. The van der Waals surface area contributed by atoms with E-state index in [9.17, 15) is 19.1 Å². The van der Waals surface area contributed by atoms with E-state index in [-0.39, 0.29) is 31.5 Å². The standard InChI is InChI=1S/C34H47FN2O7/c1-33(2,3)44-32(39)36-15-14-34(40,26-8-10-27(35)11-9-26)30(23-36)31(38)37(28-12-13-28)22-25-19-24(7-6-16-41-4)20-29(21-25)43-18-17-42-5/h8-11,19-21,28,30,40H,6-7,12-18,22-23H2,1-5H3/t30-,34+/m1/s1. The van der Waals surface area contributed by atoms with Gasteiger partial charge in [0.05, 0.1) is 12.5 Å². The summed E-state index contributed by atoms with van der Waals surface area (Å²) >= 11 is 0. The third-order valence-corrected chi connectivity index (χ3v) is 8.06. The molecular formula is C34H47FN2O7. The molecule has 0 spiro atoms. The highest BCUT2D eigenvalue weighted by Crippen LogP contribution is 2.41. The van der Waals surface area contributed by atoms with Gasteiger partial charge in [0, 0.05) is 46.5 Å². The number of hydrogen-bond acceptors (Lipinski definition) is 7. The summed E-state index contributed by atoms with van der Waals surface area (Å²) < 4.78 is 35.8. The first-order chi connectivity index (χ1) is 20.9. The van der Waals surface area contributed by atoms with Crippen molar-refractivity contribution in [1.82, 2.24) is 9.80 Å². The van der Waals surface area contributed by atoms with Gasteiger partial charge in [0.2, 0.25) is 5.91 Å². The van der Waals surface area contributed by atoms with Crippen LogP contribution in [0.15, 0.2) is 42.5 Å². The van der Waals surface area contributed by atoms with Gasteiger partial charge >= 0.3 is 6.09 Å². The van der Waals surface area contributed by atoms with E-state index in [2.05, 4.69) is 6.07 Å².